The predicted octanol–water partition coefficient (Wildman–Crippen LogP) is 8.20. The lowest BCUT2D eigenvalue weighted by Gasteiger charge is -2.32. The number of carbonyl (C=O) groups excluding carboxylic acids is 2. The molecule has 2 heterocycles. The molecule has 0 spiro atoms. The van der Waals surface area contributed by atoms with E-state index in [9.17, 15) is 9.59 Å². The van der Waals surface area contributed by atoms with Crippen LogP contribution < -0.4 is 9.47 Å². The number of carbonyl (C=O) groups is 2. The fourth-order valence-electron chi connectivity index (χ4n) is 6.59. The molecule has 5 heteroatoms. The van der Waals surface area contributed by atoms with Gasteiger partial charge in [-0.2, -0.15) is 0 Å². The van der Waals surface area contributed by atoms with Crippen LogP contribution in [0.1, 0.15) is 109 Å². The van der Waals surface area contributed by atoms with Crippen molar-refractivity contribution >= 4 is 22.3 Å². The molecule has 2 aliphatic heterocycles. The van der Waals surface area contributed by atoms with Crippen LogP contribution in [0.15, 0.2) is 48.5 Å². The van der Waals surface area contributed by atoms with Crippen molar-refractivity contribution in [3.05, 3.63) is 70.8 Å². The van der Waals surface area contributed by atoms with Crippen LogP contribution in [0, 0.1) is 11.8 Å². The lowest BCUT2D eigenvalue weighted by Crippen LogP contribution is -2.39. The van der Waals surface area contributed by atoms with Crippen molar-refractivity contribution < 1.29 is 23.8 Å². The Kier molecular flexibility index (Phi) is 7.44. The number of fused-ring (bicyclic) bond motifs is 10. The zero-order valence-electron chi connectivity index (χ0n) is 23.0. The normalized spacial score (nSPS) is 22.6. The number of ether oxygens (including phenoxy) is 3. The van der Waals surface area contributed by atoms with Crippen molar-refractivity contribution in [2.24, 2.45) is 11.8 Å². The van der Waals surface area contributed by atoms with Gasteiger partial charge in [-0.1, -0.05) is 76.6 Å². The van der Waals surface area contributed by atoms with E-state index in [1.807, 2.05) is 12.1 Å². The highest BCUT2D eigenvalue weighted by molar-refractivity contribution is 6.17. The summed E-state index contributed by atoms with van der Waals surface area (Å²) >= 11 is 0. The molecule has 0 aromatic heterocycles. The Morgan fingerprint density at radius 2 is 1.10 bits per heavy atom. The van der Waals surface area contributed by atoms with Gasteiger partial charge in [0.05, 0.1) is 37.3 Å². The van der Waals surface area contributed by atoms with E-state index in [0.717, 1.165) is 59.1 Å². The minimum Gasteiger partial charge on any atom is -0.490 e. The first-order chi connectivity index (χ1) is 19.1. The van der Waals surface area contributed by atoms with E-state index >= 15 is 0 Å². The molecule has 0 N–H and O–H groups in total. The van der Waals surface area contributed by atoms with Crippen LogP contribution in [0.4, 0.5) is 0 Å². The zero-order chi connectivity index (χ0) is 26.9. The van der Waals surface area contributed by atoms with Crippen molar-refractivity contribution in [1.82, 2.24) is 0 Å². The van der Waals surface area contributed by atoms with E-state index in [0.29, 0.717) is 24.3 Å². The van der Waals surface area contributed by atoms with Crippen molar-refractivity contribution in [2.75, 3.05) is 13.2 Å². The fourth-order valence-corrected chi connectivity index (χ4v) is 6.59. The molecule has 3 aromatic rings. The van der Waals surface area contributed by atoms with Crippen LogP contribution in [0.25, 0.3) is 10.8 Å². The largest absolute Gasteiger partial charge is 0.490 e. The van der Waals surface area contributed by atoms with Crippen LogP contribution in [-0.2, 0) is 4.74 Å². The Balaban J connectivity index is 1.31. The summed E-state index contributed by atoms with van der Waals surface area (Å²) in [5.41, 5.74) is 3.11. The van der Waals surface area contributed by atoms with Crippen molar-refractivity contribution in [3.8, 4) is 11.5 Å². The predicted molar refractivity (Wildman–Crippen MR) is 152 cm³/mol. The summed E-state index contributed by atoms with van der Waals surface area (Å²) in [5, 5.41) is 2.08. The molecule has 3 aliphatic rings. The Morgan fingerprint density at radius 1 is 0.641 bits per heavy atom. The number of hydrogen-bond donors (Lipinski definition) is 0. The monoisotopic (exact) mass is 526 g/mol. The zero-order valence-corrected chi connectivity index (χ0v) is 23.0. The van der Waals surface area contributed by atoms with Crippen LogP contribution in [0.3, 0.4) is 0 Å². The van der Waals surface area contributed by atoms with Crippen molar-refractivity contribution in [1.29, 1.82) is 0 Å². The van der Waals surface area contributed by atoms with Crippen molar-refractivity contribution in [3.63, 3.8) is 0 Å². The maximum absolute atomic E-state index is 13.5. The van der Waals surface area contributed by atoms with Gasteiger partial charge in [0.2, 0.25) is 0 Å². The van der Waals surface area contributed by atoms with Gasteiger partial charge in [0.1, 0.15) is 0 Å². The molecule has 0 radical (unpaired) electrons. The van der Waals surface area contributed by atoms with Gasteiger partial charge in [0.15, 0.2) is 23.1 Å². The average molecular weight is 527 g/mol. The molecule has 1 saturated heterocycles. The van der Waals surface area contributed by atoms with Crippen LogP contribution in [0.2, 0.25) is 0 Å². The standard InChI is InChI=1S/C34H38O5/c1-3-5-7-11-15-37-27-19-21-17-25-26(18-22(21)20-28(27)38-16-12-8-6-4-2)34-30-29(33(25)39-34)31(35)23-13-9-10-14-24(23)32(30)36/h9-10,13-14,17-20,29-30,33-34H,3-8,11-12,15-16H2,1-2H3. The highest BCUT2D eigenvalue weighted by atomic mass is 16.5. The molecule has 0 saturated carbocycles. The molecule has 6 rings (SSSR count). The number of benzene rings is 3. The highest BCUT2D eigenvalue weighted by Crippen LogP contribution is 2.61. The van der Waals surface area contributed by atoms with Crippen LogP contribution in [0.5, 0.6) is 11.5 Å². The maximum atomic E-state index is 13.5. The molecule has 204 valence electrons. The van der Waals surface area contributed by atoms with Gasteiger partial charge < -0.3 is 14.2 Å². The summed E-state index contributed by atoms with van der Waals surface area (Å²) in [5.74, 6) is 0.681. The molecule has 3 aromatic carbocycles. The smallest absolute Gasteiger partial charge is 0.170 e. The lowest BCUT2D eigenvalue weighted by atomic mass is 9.65. The summed E-state index contributed by atoms with van der Waals surface area (Å²) < 4.78 is 18.9. The molecule has 0 amide bonds. The number of unbranched alkanes of at least 4 members (excludes halogenated alkanes) is 6. The molecule has 5 nitrogen and oxygen atoms in total. The molecule has 1 fully saturated rings. The van der Waals surface area contributed by atoms with E-state index in [4.69, 9.17) is 14.2 Å². The van der Waals surface area contributed by atoms with E-state index in [-0.39, 0.29) is 11.6 Å². The third kappa shape index (κ3) is 4.65. The Labute approximate surface area is 230 Å². The first-order valence-corrected chi connectivity index (χ1v) is 14.8. The van der Waals surface area contributed by atoms with Crippen molar-refractivity contribution in [2.45, 2.75) is 77.4 Å². The molecular weight excluding hydrogens is 488 g/mol. The van der Waals surface area contributed by atoms with Gasteiger partial charge in [0, 0.05) is 11.1 Å². The summed E-state index contributed by atoms with van der Waals surface area (Å²) in [7, 11) is 0. The van der Waals surface area contributed by atoms with Crippen LogP contribution in [-0.4, -0.2) is 24.8 Å². The first kappa shape index (κ1) is 26.1. The third-order valence-corrected chi connectivity index (χ3v) is 8.62. The summed E-state index contributed by atoms with van der Waals surface area (Å²) in [6, 6.07) is 15.6. The first-order valence-electron chi connectivity index (χ1n) is 14.8. The summed E-state index contributed by atoms with van der Waals surface area (Å²) in [6.45, 7) is 5.75. The quantitative estimate of drug-likeness (QED) is 0.223. The van der Waals surface area contributed by atoms with E-state index in [1.165, 1.54) is 25.7 Å². The molecule has 4 atom stereocenters. The maximum Gasteiger partial charge on any atom is 0.170 e. The van der Waals surface area contributed by atoms with E-state index < -0.39 is 24.0 Å². The number of Topliss-reactive ketones (excluding diaryl/α,β-unsaturated/α-hetero) is 2. The lowest BCUT2D eigenvalue weighted by molar-refractivity contribution is 0.0511. The van der Waals surface area contributed by atoms with Gasteiger partial charge in [-0.05, 0) is 59.0 Å². The van der Waals surface area contributed by atoms with E-state index in [2.05, 4.69) is 38.1 Å². The molecule has 1 aliphatic carbocycles. The Hall–Kier alpha value is -3.18. The summed E-state index contributed by atoms with van der Waals surface area (Å²) in [4.78, 5) is 27.0. The molecular formula is C34H38O5. The van der Waals surface area contributed by atoms with Gasteiger partial charge in [-0.15, -0.1) is 0 Å². The van der Waals surface area contributed by atoms with Crippen LogP contribution >= 0.6 is 0 Å². The Bertz CT molecular complexity index is 1290. The van der Waals surface area contributed by atoms with E-state index in [1.54, 1.807) is 12.1 Å². The number of rotatable bonds is 12. The Morgan fingerprint density at radius 3 is 1.54 bits per heavy atom. The molecule has 4 unspecified atom stereocenters. The van der Waals surface area contributed by atoms with Gasteiger partial charge in [-0.25, -0.2) is 0 Å². The average Bonchev–Trinajstić information content (AvgIpc) is 3.52. The van der Waals surface area contributed by atoms with Gasteiger partial charge in [0.25, 0.3) is 0 Å². The summed E-state index contributed by atoms with van der Waals surface area (Å²) in [6.07, 6.45) is 8.38. The number of ketones is 2. The minimum absolute atomic E-state index is 0.0244. The molecule has 2 bridgehead atoms. The van der Waals surface area contributed by atoms with Gasteiger partial charge in [-0.3, -0.25) is 9.59 Å². The minimum atomic E-state index is -0.456. The molecule has 39 heavy (non-hydrogen) atoms. The SMILES string of the molecule is CCCCCCOc1cc2cc3c(cc2cc1OCCCCCC)C1OC3C2C(=O)c3ccccc3C(=O)C12. The topological polar surface area (TPSA) is 61.8 Å². The second-order valence-electron chi connectivity index (χ2n) is 11.2. The van der Waals surface area contributed by atoms with Gasteiger partial charge >= 0.3 is 0 Å². The third-order valence-electron chi connectivity index (χ3n) is 8.62. The number of hydrogen-bond acceptors (Lipinski definition) is 5. The second-order valence-corrected chi connectivity index (χ2v) is 11.2. The fraction of sp³-hybridized carbons (Fsp3) is 0.471. The highest BCUT2D eigenvalue weighted by Gasteiger charge is 2.60. The second kappa shape index (κ2) is 11.1.